The van der Waals surface area contributed by atoms with Crippen molar-refractivity contribution in [2.45, 2.75) is 18.3 Å². The van der Waals surface area contributed by atoms with Crippen molar-refractivity contribution in [2.75, 3.05) is 27.8 Å². The maximum Gasteiger partial charge on any atom is 0.338 e. The number of hydrogen-bond donors (Lipinski definition) is 1. The van der Waals surface area contributed by atoms with E-state index in [-0.39, 0.29) is 13.6 Å². The van der Waals surface area contributed by atoms with Crippen molar-refractivity contribution in [3.8, 4) is 0 Å². The van der Waals surface area contributed by atoms with Gasteiger partial charge in [-0.15, -0.1) is 0 Å². The average molecular weight is 353 g/mol. The van der Waals surface area contributed by atoms with E-state index in [4.69, 9.17) is 28.9 Å². The minimum atomic E-state index is -0.886. The van der Waals surface area contributed by atoms with Crippen molar-refractivity contribution in [1.29, 1.82) is 0 Å². The van der Waals surface area contributed by atoms with E-state index in [2.05, 4.69) is 11.7 Å². The molecule has 0 aliphatic rings. The third-order valence-electron chi connectivity index (χ3n) is 3.10. The molecule has 1 rings (SSSR count). The lowest BCUT2D eigenvalue weighted by atomic mass is 10.1. The summed E-state index contributed by atoms with van der Waals surface area (Å²) >= 11 is 0. The Hall–Kier alpha value is -2.26. The van der Waals surface area contributed by atoms with Gasteiger partial charge in [0.05, 0.1) is 11.8 Å². The second-order valence-electron chi connectivity index (χ2n) is 4.81. The van der Waals surface area contributed by atoms with Crippen LogP contribution in [0.4, 0.5) is 0 Å². The SMILES string of the molecule is C=C[C@@H](OC(=O)c1ccccc1)[C@H](OCOC)[C@H](/C=N/O)OCOC. The molecule has 0 bridgehead atoms. The summed E-state index contributed by atoms with van der Waals surface area (Å²) in [5.74, 6) is -0.553. The molecule has 0 aliphatic heterocycles. The van der Waals surface area contributed by atoms with Gasteiger partial charge in [0.15, 0.2) is 0 Å². The molecule has 1 N–H and O–H groups in total. The van der Waals surface area contributed by atoms with Gasteiger partial charge < -0.3 is 28.9 Å². The lowest BCUT2D eigenvalue weighted by Gasteiger charge is -2.29. The highest BCUT2D eigenvalue weighted by Gasteiger charge is 2.32. The smallest absolute Gasteiger partial charge is 0.338 e. The van der Waals surface area contributed by atoms with Crippen molar-refractivity contribution >= 4 is 12.2 Å². The molecule has 0 spiro atoms. The van der Waals surface area contributed by atoms with Gasteiger partial charge in [0.2, 0.25) is 0 Å². The molecule has 138 valence electrons. The standard InChI is InChI=1S/C17H23NO7/c1-4-14(25-17(19)13-8-6-5-7-9-13)16(24-12-22-3)15(10-18-20)23-11-21-2/h4-10,14-16,20H,1,11-12H2,2-3H3/b18-10+/t14-,15+,16+/m1/s1. The largest absolute Gasteiger partial charge is 0.452 e. The molecule has 0 aromatic heterocycles. The summed E-state index contributed by atoms with van der Waals surface area (Å²) in [5.41, 5.74) is 0.380. The van der Waals surface area contributed by atoms with Gasteiger partial charge in [-0.25, -0.2) is 4.79 Å². The molecule has 0 radical (unpaired) electrons. The van der Waals surface area contributed by atoms with Crippen molar-refractivity contribution in [1.82, 2.24) is 0 Å². The van der Waals surface area contributed by atoms with E-state index in [1.807, 2.05) is 0 Å². The zero-order valence-corrected chi connectivity index (χ0v) is 14.2. The third kappa shape index (κ3) is 7.02. The number of nitrogens with zero attached hydrogens (tertiary/aromatic N) is 1. The van der Waals surface area contributed by atoms with Crippen LogP contribution >= 0.6 is 0 Å². The van der Waals surface area contributed by atoms with E-state index in [1.54, 1.807) is 30.3 Å². The summed E-state index contributed by atoms with van der Waals surface area (Å²) in [4.78, 5) is 12.3. The van der Waals surface area contributed by atoms with Crippen LogP contribution in [0.5, 0.6) is 0 Å². The predicted octanol–water partition coefficient (Wildman–Crippen LogP) is 1.84. The molecule has 25 heavy (non-hydrogen) atoms. The summed E-state index contributed by atoms with van der Waals surface area (Å²) in [7, 11) is 2.89. The Morgan fingerprint density at radius 2 is 1.80 bits per heavy atom. The number of oxime groups is 1. The van der Waals surface area contributed by atoms with E-state index >= 15 is 0 Å². The number of ether oxygens (including phenoxy) is 5. The van der Waals surface area contributed by atoms with Crippen LogP contribution in [-0.2, 0) is 23.7 Å². The molecule has 3 atom stereocenters. The van der Waals surface area contributed by atoms with Gasteiger partial charge in [-0.2, -0.15) is 0 Å². The molecular formula is C17H23NO7. The number of carbonyl (C=O) groups is 1. The van der Waals surface area contributed by atoms with Crippen LogP contribution < -0.4 is 0 Å². The molecule has 0 saturated heterocycles. The summed E-state index contributed by atoms with van der Waals surface area (Å²) in [5, 5.41) is 11.8. The van der Waals surface area contributed by atoms with Gasteiger partial charge in [-0.3, -0.25) is 0 Å². The third-order valence-corrected chi connectivity index (χ3v) is 3.10. The number of rotatable bonds is 12. The molecule has 8 heteroatoms. The fourth-order valence-electron chi connectivity index (χ4n) is 1.97. The second kappa shape index (κ2) is 12.2. The van der Waals surface area contributed by atoms with Gasteiger partial charge in [0, 0.05) is 14.2 Å². The monoisotopic (exact) mass is 353 g/mol. The van der Waals surface area contributed by atoms with Crippen LogP contribution in [0.25, 0.3) is 0 Å². The van der Waals surface area contributed by atoms with Crippen LogP contribution in [0.15, 0.2) is 48.1 Å². The van der Waals surface area contributed by atoms with E-state index in [0.29, 0.717) is 5.56 Å². The summed E-state index contributed by atoms with van der Waals surface area (Å²) < 4.78 is 26.1. The molecule has 1 aromatic carbocycles. The Bertz CT molecular complexity index is 535. The van der Waals surface area contributed by atoms with Crippen molar-refractivity contribution in [3.63, 3.8) is 0 Å². The quantitative estimate of drug-likeness (QED) is 0.153. The van der Waals surface area contributed by atoms with Crippen LogP contribution in [0, 0.1) is 0 Å². The Labute approximate surface area is 146 Å². The molecule has 0 fully saturated rings. The number of hydrogen-bond acceptors (Lipinski definition) is 8. The fourth-order valence-corrected chi connectivity index (χ4v) is 1.97. The van der Waals surface area contributed by atoms with E-state index in [0.717, 1.165) is 6.21 Å². The highest BCUT2D eigenvalue weighted by molar-refractivity contribution is 5.89. The molecular weight excluding hydrogens is 330 g/mol. The number of esters is 1. The molecule has 0 unspecified atom stereocenters. The van der Waals surface area contributed by atoms with Crippen LogP contribution in [0.2, 0.25) is 0 Å². The first kappa shape index (κ1) is 20.8. The Balaban J connectivity index is 2.94. The van der Waals surface area contributed by atoms with E-state index < -0.39 is 24.3 Å². The van der Waals surface area contributed by atoms with Crippen molar-refractivity contribution in [3.05, 3.63) is 48.6 Å². The molecule has 0 amide bonds. The zero-order chi connectivity index (χ0) is 18.5. The van der Waals surface area contributed by atoms with Gasteiger partial charge in [-0.05, 0) is 18.2 Å². The highest BCUT2D eigenvalue weighted by Crippen LogP contribution is 2.15. The summed E-state index contributed by atoms with van der Waals surface area (Å²) in [6, 6.07) is 8.49. The first-order chi connectivity index (χ1) is 12.2. The number of carbonyl (C=O) groups excluding carboxylic acids is 1. The molecule has 0 saturated carbocycles. The van der Waals surface area contributed by atoms with Crippen molar-refractivity contribution < 1.29 is 33.7 Å². The first-order valence-corrected chi connectivity index (χ1v) is 7.45. The molecule has 8 nitrogen and oxygen atoms in total. The first-order valence-electron chi connectivity index (χ1n) is 7.45. The van der Waals surface area contributed by atoms with Gasteiger partial charge in [0.25, 0.3) is 0 Å². The summed E-state index contributed by atoms with van der Waals surface area (Å²) in [6.07, 6.45) is -0.118. The van der Waals surface area contributed by atoms with Gasteiger partial charge in [0.1, 0.15) is 31.9 Å². The normalized spacial score (nSPS) is 14.8. The number of methoxy groups -OCH3 is 2. The maximum atomic E-state index is 12.3. The van der Waals surface area contributed by atoms with Gasteiger partial charge >= 0.3 is 5.97 Å². The predicted molar refractivity (Wildman–Crippen MR) is 89.6 cm³/mol. The second-order valence-corrected chi connectivity index (χ2v) is 4.81. The number of benzene rings is 1. The van der Waals surface area contributed by atoms with Crippen molar-refractivity contribution in [2.24, 2.45) is 5.16 Å². The minimum Gasteiger partial charge on any atom is -0.452 e. The van der Waals surface area contributed by atoms with E-state index in [9.17, 15) is 4.79 Å². The maximum absolute atomic E-state index is 12.3. The fraction of sp³-hybridized carbons (Fsp3) is 0.412. The van der Waals surface area contributed by atoms with Crippen LogP contribution in [0.1, 0.15) is 10.4 Å². The summed E-state index contributed by atoms with van der Waals surface area (Å²) in [6.45, 7) is 3.49. The molecule has 1 aromatic rings. The van der Waals surface area contributed by atoms with Gasteiger partial charge in [-0.1, -0.05) is 29.9 Å². The van der Waals surface area contributed by atoms with E-state index in [1.165, 1.54) is 20.3 Å². The lowest BCUT2D eigenvalue weighted by molar-refractivity contribution is -0.159. The average Bonchev–Trinajstić information content (AvgIpc) is 2.65. The topological polar surface area (TPSA) is 95.8 Å². The Morgan fingerprint density at radius 3 is 2.36 bits per heavy atom. The molecule has 0 heterocycles. The van der Waals surface area contributed by atoms with Crippen LogP contribution in [0.3, 0.4) is 0 Å². The Morgan fingerprint density at radius 1 is 1.16 bits per heavy atom. The zero-order valence-electron chi connectivity index (χ0n) is 14.2. The Kier molecular flexibility index (Phi) is 10.1. The molecule has 0 aliphatic carbocycles. The highest BCUT2D eigenvalue weighted by atomic mass is 16.7. The lowest BCUT2D eigenvalue weighted by Crippen LogP contribution is -2.44. The minimum absolute atomic E-state index is 0.0833. The van der Waals surface area contributed by atoms with Crippen LogP contribution in [-0.4, -0.2) is 63.5 Å².